The number of piperidine rings is 1. The van der Waals surface area contributed by atoms with Gasteiger partial charge in [0.1, 0.15) is 11.6 Å². The number of hydrogen-bond donors (Lipinski definition) is 0. The number of carbonyl (C=O) groups excluding carboxylic acids is 2. The first-order chi connectivity index (χ1) is 16.1. The number of halogens is 1. The SMILES string of the molecule is CC(C)Oc1ccc(C(=O)N2CCC3(CC2)c2ccc(C(=O)C4(C)CC4)n2CCN3C)c(F)c1. The van der Waals surface area contributed by atoms with Crippen molar-refractivity contribution in [2.75, 3.05) is 26.7 Å². The minimum Gasteiger partial charge on any atom is -0.491 e. The number of likely N-dealkylation sites (N-methyl/N-ethyl adjacent to an activating group) is 1. The molecule has 0 bridgehead atoms. The van der Waals surface area contributed by atoms with Crippen molar-refractivity contribution in [3.63, 3.8) is 0 Å². The molecule has 1 aromatic heterocycles. The van der Waals surface area contributed by atoms with E-state index in [2.05, 4.69) is 29.5 Å². The Labute approximate surface area is 200 Å². The first kappa shape index (κ1) is 23.1. The number of likely N-dealkylation sites (tertiary alicyclic amines) is 1. The standard InChI is InChI=1S/C27H34FN3O3/c1-18(2)34-19-5-6-20(21(28)17-19)25(33)30-13-11-27(12-14-30)23-8-7-22(24(32)26(3)9-10-26)31(23)16-15-29(27)4/h5-8,17-18H,9-16H2,1-4H3. The lowest BCUT2D eigenvalue weighted by molar-refractivity contribution is 0.0125. The Bertz CT molecular complexity index is 1130. The van der Waals surface area contributed by atoms with E-state index in [1.54, 1.807) is 11.0 Å². The molecular formula is C27H34FN3O3. The summed E-state index contributed by atoms with van der Waals surface area (Å²) in [4.78, 5) is 30.4. The normalized spacial score (nSPS) is 20.9. The van der Waals surface area contributed by atoms with Gasteiger partial charge in [0.05, 0.1) is 22.9 Å². The van der Waals surface area contributed by atoms with Crippen LogP contribution in [0.5, 0.6) is 5.75 Å². The van der Waals surface area contributed by atoms with E-state index in [9.17, 15) is 14.0 Å². The second-order valence-corrected chi connectivity index (χ2v) is 10.7. The van der Waals surface area contributed by atoms with Gasteiger partial charge in [0, 0.05) is 43.4 Å². The average molecular weight is 468 g/mol. The van der Waals surface area contributed by atoms with E-state index in [1.165, 1.54) is 17.8 Å². The van der Waals surface area contributed by atoms with Crippen LogP contribution in [0.2, 0.25) is 0 Å². The lowest BCUT2D eigenvalue weighted by Gasteiger charge is -2.50. The molecule has 1 aliphatic carbocycles. The second-order valence-electron chi connectivity index (χ2n) is 10.7. The van der Waals surface area contributed by atoms with Crippen molar-refractivity contribution in [2.45, 2.75) is 64.6 Å². The highest BCUT2D eigenvalue weighted by molar-refractivity contribution is 6.01. The van der Waals surface area contributed by atoms with Gasteiger partial charge in [0.25, 0.3) is 5.91 Å². The molecule has 0 radical (unpaired) electrons. The largest absolute Gasteiger partial charge is 0.491 e. The molecule has 1 spiro atoms. The molecule has 1 saturated heterocycles. The molecule has 0 unspecified atom stereocenters. The zero-order valence-corrected chi connectivity index (χ0v) is 20.6. The topological polar surface area (TPSA) is 54.8 Å². The van der Waals surface area contributed by atoms with Gasteiger partial charge in [-0.05, 0) is 70.8 Å². The van der Waals surface area contributed by atoms with Gasteiger partial charge in [-0.2, -0.15) is 0 Å². The van der Waals surface area contributed by atoms with Crippen LogP contribution in [0.4, 0.5) is 4.39 Å². The van der Waals surface area contributed by atoms with Crippen molar-refractivity contribution in [1.82, 2.24) is 14.4 Å². The van der Waals surface area contributed by atoms with Gasteiger partial charge in [-0.1, -0.05) is 6.92 Å². The number of rotatable bonds is 5. The van der Waals surface area contributed by atoms with Crippen LogP contribution >= 0.6 is 0 Å². The molecule has 3 heterocycles. The van der Waals surface area contributed by atoms with E-state index in [4.69, 9.17) is 4.74 Å². The summed E-state index contributed by atoms with van der Waals surface area (Å²) in [5.74, 6) is -0.151. The predicted octanol–water partition coefficient (Wildman–Crippen LogP) is 4.47. The van der Waals surface area contributed by atoms with Crippen LogP contribution in [-0.2, 0) is 12.1 Å². The van der Waals surface area contributed by atoms with E-state index in [-0.39, 0.29) is 34.3 Å². The Balaban J connectivity index is 1.34. The first-order valence-electron chi connectivity index (χ1n) is 12.4. The summed E-state index contributed by atoms with van der Waals surface area (Å²) < 4.78 is 22.5. The van der Waals surface area contributed by atoms with Crippen LogP contribution in [-0.4, -0.2) is 58.8 Å². The maximum Gasteiger partial charge on any atom is 0.256 e. The Morgan fingerprint density at radius 3 is 2.32 bits per heavy atom. The number of fused-ring (bicyclic) bond motifs is 2. The van der Waals surface area contributed by atoms with Crippen LogP contribution in [0.25, 0.3) is 0 Å². The smallest absolute Gasteiger partial charge is 0.256 e. The van der Waals surface area contributed by atoms with Crippen molar-refractivity contribution >= 4 is 11.7 Å². The molecule has 1 amide bonds. The molecule has 0 atom stereocenters. The number of nitrogens with zero attached hydrogens (tertiary/aromatic N) is 3. The summed E-state index contributed by atoms with van der Waals surface area (Å²) in [7, 11) is 2.13. The second kappa shape index (κ2) is 8.22. The number of ether oxygens (including phenoxy) is 1. The van der Waals surface area contributed by atoms with Crippen molar-refractivity contribution in [1.29, 1.82) is 0 Å². The highest BCUT2D eigenvalue weighted by Crippen LogP contribution is 2.49. The number of carbonyl (C=O) groups is 2. The van der Waals surface area contributed by atoms with Crippen LogP contribution < -0.4 is 4.74 Å². The molecule has 3 aliphatic rings. The van der Waals surface area contributed by atoms with Crippen LogP contribution in [0.1, 0.15) is 73.0 Å². The van der Waals surface area contributed by atoms with Crippen LogP contribution in [0.15, 0.2) is 30.3 Å². The quantitative estimate of drug-likeness (QED) is 0.609. The highest BCUT2D eigenvalue weighted by Gasteiger charge is 2.49. The summed E-state index contributed by atoms with van der Waals surface area (Å²) in [6, 6.07) is 8.57. The van der Waals surface area contributed by atoms with Gasteiger partial charge in [-0.25, -0.2) is 4.39 Å². The van der Waals surface area contributed by atoms with Crippen molar-refractivity contribution < 1.29 is 18.7 Å². The molecule has 2 aliphatic heterocycles. The maximum absolute atomic E-state index is 14.7. The lowest BCUT2D eigenvalue weighted by atomic mass is 9.81. The van der Waals surface area contributed by atoms with E-state index in [0.717, 1.165) is 44.5 Å². The summed E-state index contributed by atoms with van der Waals surface area (Å²) in [6.07, 6.45) is 3.37. The van der Waals surface area contributed by atoms with Crippen molar-refractivity contribution in [3.8, 4) is 5.75 Å². The van der Waals surface area contributed by atoms with E-state index in [1.807, 2.05) is 19.9 Å². The summed E-state index contributed by atoms with van der Waals surface area (Å²) in [5, 5.41) is 0. The third-order valence-corrected chi connectivity index (χ3v) is 8.05. The molecule has 7 heteroatoms. The molecule has 1 aromatic carbocycles. The minimum atomic E-state index is -0.552. The lowest BCUT2D eigenvalue weighted by Crippen LogP contribution is -2.56. The number of benzene rings is 1. The fourth-order valence-corrected chi connectivity index (χ4v) is 5.60. The predicted molar refractivity (Wildman–Crippen MR) is 128 cm³/mol. The van der Waals surface area contributed by atoms with Gasteiger partial charge >= 0.3 is 0 Å². The third kappa shape index (κ3) is 3.74. The molecule has 34 heavy (non-hydrogen) atoms. The number of Topliss-reactive ketones (excluding diaryl/α,β-unsaturated/α-hetero) is 1. The van der Waals surface area contributed by atoms with Crippen LogP contribution in [0.3, 0.4) is 0 Å². The average Bonchev–Trinajstić information content (AvgIpc) is 3.40. The van der Waals surface area contributed by atoms with Gasteiger partial charge in [-0.3, -0.25) is 14.5 Å². The molecule has 1 saturated carbocycles. The van der Waals surface area contributed by atoms with E-state index in [0.29, 0.717) is 18.8 Å². The molecule has 6 nitrogen and oxygen atoms in total. The number of ketones is 1. The Kier molecular flexibility index (Phi) is 5.58. The van der Waals surface area contributed by atoms with Crippen molar-refractivity contribution in [2.24, 2.45) is 5.41 Å². The van der Waals surface area contributed by atoms with E-state index < -0.39 is 5.82 Å². The van der Waals surface area contributed by atoms with E-state index >= 15 is 0 Å². The third-order valence-electron chi connectivity index (χ3n) is 8.05. The monoisotopic (exact) mass is 467 g/mol. The van der Waals surface area contributed by atoms with Gasteiger partial charge in [0.15, 0.2) is 5.78 Å². The zero-order chi connectivity index (χ0) is 24.3. The highest BCUT2D eigenvalue weighted by atomic mass is 19.1. The molecule has 2 aromatic rings. The molecule has 5 rings (SSSR count). The molecular weight excluding hydrogens is 433 g/mol. The Morgan fingerprint density at radius 2 is 1.71 bits per heavy atom. The summed E-state index contributed by atoms with van der Waals surface area (Å²) in [5.41, 5.74) is 1.67. The maximum atomic E-state index is 14.7. The van der Waals surface area contributed by atoms with Crippen molar-refractivity contribution in [3.05, 3.63) is 53.1 Å². The molecule has 182 valence electrons. The van der Waals surface area contributed by atoms with Gasteiger partial charge in [-0.15, -0.1) is 0 Å². The fourth-order valence-electron chi connectivity index (χ4n) is 5.60. The van der Waals surface area contributed by atoms with Gasteiger partial charge < -0.3 is 14.2 Å². The van der Waals surface area contributed by atoms with Crippen LogP contribution in [0, 0.1) is 11.2 Å². The zero-order valence-electron chi connectivity index (χ0n) is 20.6. The number of amides is 1. The van der Waals surface area contributed by atoms with Gasteiger partial charge in [0.2, 0.25) is 0 Å². The Hall–Kier alpha value is -2.67. The first-order valence-corrected chi connectivity index (χ1v) is 12.4. The number of aromatic nitrogens is 1. The number of hydrogen-bond acceptors (Lipinski definition) is 4. The molecule has 2 fully saturated rings. The molecule has 0 N–H and O–H groups in total. The minimum absolute atomic E-state index is 0.0615. The summed E-state index contributed by atoms with van der Waals surface area (Å²) in [6.45, 7) is 8.56. The Morgan fingerprint density at radius 1 is 1.00 bits per heavy atom. The summed E-state index contributed by atoms with van der Waals surface area (Å²) >= 11 is 0. The fraction of sp³-hybridized carbons (Fsp3) is 0.556.